The van der Waals surface area contributed by atoms with Gasteiger partial charge in [-0.15, -0.1) is 0 Å². The molecule has 0 N–H and O–H groups in total. The third-order valence-corrected chi connectivity index (χ3v) is 6.81. The highest BCUT2D eigenvalue weighted by Gasteiger charge is 2.32. The Hall–Kier alpha value is -1.33. The van der Waals surface area contributed by atoms with Crippen molar-refractivity contribution in [3.63, 3.8) is 0 Å². The van der Waals surface area contributed by atoms with E-state index in [0.29, 0.717) is 4.32 Å². The summed E-state index contributed by atoms with van der Waals surface area (Å²) in [7, 11) is 0. The first kappa shape index (κ1) is 19.4. The maximum absolute atomic E-state index is 12.7. The summed E-state index contributed by atoms with van der Waals surface area (Å²) >= 11 is 6.90. The molecule has 1 saturated heterocycles. The fourth-order valence-electron chi connectivity index (χ4n) is 3.82. The molecule has 1 amide bonds. The second-order valence-corrected chi connectivity index (χ2v) is 8.71. The van der Waals surface area contributed by atoms with Crippen molar-refractivity contribution in [2.45, 2.75) is 46.0 Å². The van der Waals surface area contributed by atoms with Crippen molar-refractivity contribution in [1.82, 2.24) is 4.90 Å². The van der Waals surface area contributed by atoms with Gasteiger partial charge < -0.3 is 4.90 Å². The van der Waals surface area contributed by atoms with Crippen LogP contribution in [0.3, 0.4) is 0 Å². The number of carbonyl (C=O) groups is 1. The molecule has 140 valence electrons. The Morgan fingerprint density at radius 3 is 2.46 bits per heavy atom. The molecule has 1 aromatic carbocycles. The lowest BCUT2D eigenvalue weighted by Crippen LogP contribution is -2.30. The molecule has 1 aliphatic carbocycles. The van der Waals surface area contributed by atoms with Crippen molar-refractivity contribution in [3.8, 4) is 0 Å². The predicted molar refractivity (Wildman–Crippen MR) is 116 cm³/mol. The van der Waals surface area contributed by atoms with Gasteiger partial charge in [-0.2, -0.15) is 0 Å². The van der Waals surface area contributed by atoms with E-state index in [1.54, 1.807) is 4.90 Å². The third kappa shape index (κ3) is 4.49. The third-order valence-electron chi connectivity index (χ3n) is 5.43. The molecule has 2 fully saturated rings. The Bertz CT molecular complexity index is 674. The van der Waals surface area contributed by atoms with E-state index in [1.165, 1.54) is 43.1 Å². The Balaban J connectivity index is 1.65. The van der Waals surface area contributed by atoms with Crippen LogP contribution in [0.1, 0.15) is 51.5 Å². The standard InChI is InChI=1S/C21H28N2OS2/c1-3-22(4-2)18-11-9-17(10-12-18)15-19-20(24)23(21(25)26-19)14-13-16-7-5-6-8-16/h9-12,15-16H,3-8,13-14H2,1-2H3/b19-15+. The quantitative estimate of drug-likeness (QED) is 0.466. The second-order valence-electron chi connectivity index (χ2n) is 7.04. The Morgan fingerprint density at radius 2 is 1.85 bits per heavy atom. The van der Waals surface area contributed by atoms with Crippen LogP contribution in [0.5, 0.6) is 0 Å². The Labute approximate surface area is 166 Å². The highest BCUT2D eigenvalue weighted by molar-refractivity contribution is 8.26. The van der Waals surface area contributed by atoms with Crippen LogP contribution in [-0.4, -0.2) is 34.8 Å². The highest BCUT2D eigenvalue weighted by atomic mass is 32.2. The molecule has 0 aromatic heterocycles. The summed E-state index contributed by atoms with van der Waals surface area (Å²) in [6, 6.07) is 8.41. The minimum absolute atomic E-state index is 0.0748. The number of amides is 1. The molecule has 5 heteroatoms. The second kappa shape index (κ2) is 9.05. The van der Waals surface area contributed by atoms with Crippen LogP contribution < -0.4 is 4.90 Å². The van der Waals surface area contributed by atoms with Gasteiger partial charge in [0.2, 0.25) is 0 Å². The van der Waals surface area contributed by atoms with Gasteiger partial charge in [0.1, 0.15) is 4.32 Å². The topological polar surface area (TPSA) is 23.6 Å². The van der Waals surface area contributed by atoms with E-state index in [2.05, 4.69) is 43.0 Å². The van der Waals surface area contributed by atoms with Crippen LogP contribution in [0.4, 0.5) is 5.69 Å². The van der Waals surface area contributed by atoms with Gasteiger partial charge in [-0.05, 0) is 50.0 Å². The van der Waals surface area contributed by atoms with E-state index in [1.807, 2.05) is 6.08 Å². The monoisotopic (exact) mass is 388 g/mol. The number of nitrogens with zero attached hydrogens (tertiary/aromatic N) is 2. The molecular weight excluding hydrogens is 360 g/mol. The Kier molecular flexibility index (Phi) is 6.76. The predicted octanol–water partition coefficient (Wildman–Crippen LogP) is 5.31. The van der Waals surface area contributed by atoms with Gasteiger partial charge in [0.25, 0.3) is 5.91 Å². The van der Waals surface area contributed by atoms with Gasteiger partial charge >= 0.3 is 0 Å². The lowest BCUT2D eigenvalue weighted by atomic mass is 10.0. The first-order valence-corrected chi connectivity index (χ1v) is 10.9. The smallest absolute Gasteiger partial charge is 0.266 e. The lowest BCUT2D eigenvalue weighted by molar-refractivity contribution is -0.122. The molecule has 1 aliphatic heterocycles. The summed E-state index contributed by atoms with van der Waals surface area (Å²) in [5.41, 5.74) is 2.27. The van der Waals surface area contributed by atoms with Crippen molar-refractivity contribution in [2.75, 3.05) is 24.5 Å². The maximum Gasteiger partial charge on any atom is 0.266 e. The first-order valence-electron chi connectivity index (χ1n) is 9.72. The normalized spacial score (nSPS) is 19.8. The summed E-state index contributed by atoms with van der Waals surface area (Å²) in [5, 5.41) is 0. The number of anilines is 1. The zero-order chi connectivity index (χ0) is 18.5. The van der Waals surface area contributed by atoms with Crippen LogP contribution in [0.25, 0.3) is 6.08 Å². The number of hydrogen-bond acceptors (Lipinski definition) is 4. The summed E-state index contributed by atoms with van der Waals surface area (Å²) in [6.07, 6.45) is 8.35. The molecule has 3 nitrogen and oxygen atoms in total. The Morgan fingerprint density at radius 1 is 1.19 bits per heavy atom. The number of benzene rings is 1. The van der Waals surface area contributed by atoms with E-state index >= 15 is 0 Å². The van der Waals surface area contributed by atoms with Crippen LogP contribution in [0.2, 0.25) is 0 Å². The van der Waals surface area contributed by atoms with Crippen molar-refractivity contribution in [1.29, 1.82) is 0 Å². The van der Waals surface area contributed by atoms with Gasteiger partial charge in [0.05, 0.1) is 4.91 Å². The molecule has 26 heavy (non-hydrogen) atoms. The molecule has 0 atom stereocenters. The largest absolute Gasteiger partial charge is 0.372 e. The number of thiocarbonyl (C=S) groups is 1. The molecule has 2 aliphatic rings. The number of hydrogen-bond donors (Lipinski definition) is 0. The summed E-state index contributed by atoms with van der Waals surface area (Å²) < 4.78 is 0.707. The van der Waals surface area contributed by atoms with E-state index in [9.17, 15) is 4.79 Å². The zero-order valence-corrected chi connectivity index (χ0v) is 17.4. The molecule has 1 heterocycles. The molecule has 1 saturated carbocycles. The summed E-state index contributed by atoms with van der Waals surface area (Å²) in [4.78, 5) is 17.6. The maximum atomic E-state index is 12.7. The summed E-state index contributed by atoms with van der Waals surface area (Å²) in [5.74, 6) is 0.849. The van der Waals surface area contributed by atoms with Crippen LogP contribution in [0, 0.1) is 5.92 Å². The van der Waals surface area contributed by atoms with Crippen molar-refractivity contribution in [2.24, 2.45) is 5.92 Å². The number of rotatable bonds is 7. The van der Waals surface area contributed by atoms with Crippen molar-refractivity contribution < 1.29 is 4.79 Å². The van der Waals surface area contributed by atoms with Crippen LogP contribution in [-0.2, 0) is 4.79 Å². The van der Waals surface area contributed by atoms with Gasteiger partial charge in [0, 0.05) is 25.3 Å². The molecule has 1 aromatic rings. The zero-order valence-electron chi connectivity index (χ0n) is 15.7. The molecule has 0 spiro atoms. The van der Waals surface area contributed by atoms with Gasteiger partial charge in [-0.3, -0.25) is 9.69 Å². The molecule has 0 unspecified atom stereocenters. The summed E-state index contributed by atoms with van der Waals surface area (Å²) in [6.45, 7) is 7.08. The molecule has 3 rings (SSSR count). The van der Waals surface area contributed by atoms with Gasteiger partial charge in [-0.25, -0.2) is 0 Å². The fourth-order valence-corrected chi connectivity index (χ4v) is 5.13. The van der Waals surface area contributed by atoms with Gasteiger partial charge in [-0.1, -0.05) is 61.8 Å². The number of thioether (sulfide) groups is 1. The van der Waals surface area contributed by atoms with Crippen molar-refractivity contribution >= 4 is 46.0 Å². The van der Waals surface area contributed by atoms with E-state index < -0.39 is 0 Å². The van der Waals surface area contributed by atoms with Crippen LogP contribution >= 0.6 is 24.0 Å². The molecular formula is C21H28N2OS2. The molecule has 0 radical (unpaired) electrons. The lowest BCUT2D eigenvalue weighted by Gasteiger charge is -2.20. The van der Waals surface area contributed by atoms with E-state index in [0.717, 1.165) is 42.4 Å². The fraction of sp³-hybridized carbons (Fsp3) is 0.524. The van der Waals surface area contributed by atoms with E-state index in [4.69, 9.17) is 12.2 Å². The van der Waals surface area contributed by atoms with Gasteiger partial charge in [0.15, 0.2) is 0 Å². The average Bonchev–Trinajstić information content (AvgIpc) is 3.25. The number of carbonyl (C=O) groups excluding carboxylic acids is 1. The first-order chi connectivity index (χ1) is 12.6. The van der Waals surface area contributed by atoms with Crippen molar-refractivity contribution in [3.05, 3.63) is 34.7 Å². The van der Waals surface area contributed by atoms with Crippen LogP contribution in [0.15, 0.2) is 29.2 Å². The van der Waals surface area contributed by atoms with E-state index in [-0.39, 0.29) is 5.91 Å². The highest BCUT2D eigenvalue weighted by Crippen LogP contribution is 2.34. The molecule has 0 bridgehead atoms. The minimum atomic E-state index is 0.0748. The SMILES string of the molecule is CCN(CC)c1ccc(/C=C2/SC(=S)N(CCC3CCCC3)C2=O)cc1. The minimum Gasteiger partial charge on any atom is -0.372 e. The average molecular weight is 389 g/mol.